The molecule has 0 aliphatic rings. The first-order valence-corrected chi connectivity index (χ1v) is 7.62. The number of nitrogens with zero attached hydrogens (tertiary/aromatic N) is 2. The maximum absolute atomic E-state index is 12.0. The monoisotopic (exact) mass is 342 g/mol. The molecule has 1 aromatic heterocycles. The van der Waals surface area contributed by atoms with E-state index in [0.29, 0.717) is 23.7 Å². The molecule has 0 saturated carbocycles. The molecular formula is C17H18N4O4. The van der Waals surface area contributed by atoms with Crippen molar-refractivity contribution < 1.29 is 19.1 Å². The Hall–Kier alpha value is -3.29. The van der Waals surface area contributed by atoms with Crippen molar-refractivity contribution in [2.24, 2.45) is 0 Å². The number of esters is 1. The zero-order valence-electron chi connectivity index (χ0n) is 13.7. The van der Waals surface area contributed by atoms with E-state index in [1.165, 1.54) is 6.92 Å². The molecule has 8 heteroatoms. The van der Waals surface area contributed by atoms with Gasteiger partial charge in [-0.05, 0) is 30.3 Å². The van der Waals surface area contributed by atoms with Gasteiger partial charge >= 0.3 is 5.97 Å². The van der Waals surface area contributed by atoms with E-state index >= 15 is 0 Å². The van der Waals surface area contributed by atoms with Gasteiger partial charge in [0.15, 0.2) is 12.4 Å². The van der Waals surface area contributed by atoms with E-state index in [9.17, 15) is 14.4 Å². The van der Waals surface area contributed by atoms with Crippen LogP contribution < -0.4 is 10.6 Å². The SMILES string of the molecule is CC(=O)Nc1ccc(C(=O)COC(=O)CCNc2ncccn2)cc1. The van der Waals surface area contributed by atoms with Gasteiger partial charge in [-0.3, -0.25) is 14.4 Å². The van der Waals surface area contributed by atoms with Gasteiger partial charge in [-0.25, -0.2) is 9.97 Å². The third-order valence-corrected chi connectivity index (χ3v) is 3.07. The second-order valence-electron chi connectivity index (χ2n) is 5.09. The maximum Gasteiger partial charge on any atom is 0.308 e. The van der Waals surface area contributed by atoms with Gasteiger partial charge < -0.3 is 15.4 Å². The number of ketones is 1. The Kier molecular flexibility index (Phi) is 6.58. The van der Waals surface area contributed by atoms with Crippen LogP contribution in [0.3, 0.4) is 0 Å². The Morgan fingerprint density at radius 1 is 1.08 bits per heavy atom. The summed E-state index contributed by atoms with van der Waals surface area (Å²) < 4.78 is 4.95. The van der Waals surface area contributed by atoms with Crippen LogP contribution in [0.1, 0.15) is 23.7 Å². The lowest BCUT2D eigenvalue weighted by atomic mass is 10.1. The largest absolute Gasteiger partial charge is 0.457 e. The van der Waals surface area contributed by atoms with E-state index in [4.69, 9.17) is 4.74 Å². The number of hydrogen-bond donors (Lipinski definition) is 2. The lowest BCUT2D eigenvalue weighted by Gasteiger charge is -2.06. The number of aromatic nitrogens is 2. The van der Waals surface area contributed by atoms with Crippen molar-refractivity contribution >= 4 is 29.3 Å². The highest BCUT2D eigenvalue weighted by Gasteiger charge is 2.10. The van der Waals surface area contributed by atoms with E-state index in [1.54, 1.807) is 42.7 Å². The van der Waals surface area contributed by atoms with Crippen molar-refractivity contribution in [1.82, 2.24) is 9.97 Å². The van der Waals surface area contributed by atoms with Crippen molar-refractivity contribution in [1.29, 1.82) is 0 Å². The highest BCUT2D eigenvalue weighted by atomic mass is 16.5. The third-order valence-electron chi connectivity index (χ3n) is 3.07. The summed E-state index contributed by atoms with van der Waals surface area (Å²) in [6, 6.07) is 8.04. The molecule has 1 aromatic carbocycles. The molecule has 0 radical (unpaired) electrons. The zero-order valence-corrected chi connectivity index (χ0v) is 13.7. The summed E-state index contributed by atoms with van der Waals surface area (Å²) >= 11 is 0. The number of benzene rings is 1. The van der Waals surface area contributed by atoms with E-state index in [1.807, 2.05) is 0 Å². The topological polar surface area (TPSA) is 110 Å². The maximum atomic E-state index is 12.0. The molecular weight excluding hydrogens is 324 g/mol. The Morgan fingerprint density at radius 3 is 2.40 bits per heavy atom. The number of ether oxygens (including phenoxy) is 1. The van der Waals surface area contributed by atoms with E-state index in [2.05, 4.69) is 20.6 Å². The van der Waals surface area contributed by atoms with Crippen LogP contribution in [-0.2, 0) is 14.3 Å². The summed E-state index contributed by atoms with van der Waals surface area (Å²) in [6.07, 6.45) is 3.26. The molecule has 1 heterocycles. The quantitative estimate of drug-likeness (QED) is 0.554. The van der Waals surface area contributed by atoms with E-state index < -0.39 is 5.97 Å². The van der Waals surface area contributed by atoms with Crippen LogP contribution >= 0.6 is 0 Å². The molecule has 8 nitrogen and oxygen atoms in total. The number of anilines is 2. The molecule has 0 aliphatic carbocycles. The minimum atomic E-state index is -0.494. The van der Waals surface area contributed by atoms with E-state index in [-0.39, 0.29) is 24.7 Å². The predicted octanol–water partition coefficient (Wildman–Crippen LogP) is 1.66. The van der Waals surface area contributed by atoms with Crippen LogP contribution in [0.15, 0.2) is 42.7 Å². The molecule has 0 aliphatic heterocycles. The molecule has 0 saturated heterocycles. The molecule has 0 spiro atoms. The summed E-state index contributed by atoms with van der Waals surface area (Å²) in [7, 11) is 0. The lowest BCUT2D eigenvalue weighted by Crippen LogP contribution is -2.17. The Labute approximate surface area is 144 Å². The van der Waals surface area contributed by atoms with Crippen LogP contribution in [0, 0.1) is 0 Å². The standard InChI is InChI=1S/C17H18N4O4/c1-12(22)21-14-5-3-13(4-6-14)15(23)11-25-16(24)7-10-20-17-18-8-2-9-19-17/h2-6,8-9H,7,10-11H2,1H3,(H,21,22)(H,18,19,20). The van der Waals surface area contributed by atoms with Crippen molar-refractivity contribution in [3.63, 3.8) is 0 Å². The summed E-state index contributed by atoms with van der Waals surface area (Å²) in [5, 5.41) is 5.48. The Morgan fingerprint density at radius 2 is 1.76 bits per heavy atom. The van der Waals surface area contributed by atoms with Gasteiger partial charge in [0.25, 0.3) is 0 Å². The highest BCUT2D eigenvalue weighted by molar-refractivity contribution is 5.98. The first-order chi connectivity index (χ1) is 12.0. The van der Waals surface area contributed by atoms with Gasteiger partial charge in [-0.2, -0.15) is 0 Å². The van der Waals surface area contributed by atoms with Crippen molar-refractivity contribution in [2.75, 3.05) is 23.8 Å². The van der Waals surface area contributed by atoms with Crippen molar-refractivity contribution in [3.05, 3.63) is 48.3 Å². The molecule has 130 valence electrons. The average molecular weight is 342 g/mol. The van der Waals surface area contributed by atoms with Crippen LogP contribution in [0.5, 0.6) is 0 Å². The summed E-state index contributed by atoms with van der Waals surface area (Å²) in [5.74, 6) is -0.582. The number of hydrogen-bond acceptors (Lipinski definition) is 7. The average Bonchev–Trinajstić information content (AvgIpc) is 2.61. The second kappa shape index (κ2) is 9.11. The van der Waals surface area contributed by atoms with Crippen LogP contribution in [0.2, 0.25) is 0 Å². The number of carbonyl (C=O) groups excluding carboxylic acids is 3. The fourth-order valence-corrected chi connectivity index (χ4v) is 1.91. The van der Waals surface area contributed by atoms with Crippen LogP contribution in [0.4, 0.5) is 11.6 Å². The molecule has 25 heavy (non-hydrogen) atoms. The highest BCUT2D eigenvalue weighted by Crippen LogP contribution is 2.10. The molecule has 2 rings (SSSR count). The minimum Gasteiger partial charge on any atom is -0.457 e. The Balaban J connectivity index is 1.71. The Bertz CT molecular complexity index is 732. The summed E-state index contributed by atoms with van der Waals surface area (Å²) in [5.41, 5.74) is 0.993. The molecule has 0 bridgehead atoms. The number of nitrogens with one attached hydrogen (secondary N) is 2. The van der Waals surface area contributed by atoms with Gasteiger partial charge in [0.1, 0.15) is 0 Å². The molecule has 0 unspecified atom stereocenters. The lowest BCUT2D eigenvalue weighted by molar-refractivity contribution is -0.142. The first kappa shape index (κ1) is 18.1. The van der Waals surface area contributed by atoms with Crippen molar-refractivity contribution in [2.45, 2.75) is 13.3 Å². The van der Waals surface area contributed by atoms with Gasteiger partial charge in [0.05, 0.1) is 6.42 Å². The number of Topliss-reactive ketones (excluding diaryl/α,β-unsaturated/α-hetero) is 1. The van der Waals surface area contributed by atoms with Gasteiger partial charge in [-0.1, -0.05) is 0 Å². The third kappa shape index (κ3) is 6.38. The van der Waals surface area contributed by atoms with Gasteiger partial charge in [0.2, 0.25) is 11.9 Å². The number of rotatable bonds is 8. The van der Waals surface area contributed by atoms with Crippen LogP contribution in [0.25, 0.3) is 0 Å². The predicted molar refractivity (Wildman–Crippen MR) is 91.2 cm³/mol. The first-order valence-electron chi connectivity index (χ1n) is 7.62. The van der Waals surface area contributed by atoms with Crippen molar-refractivity contribution in [3.8, 4) is 0 Å². The van der Waals surface area contributed by atoms with E-state index in [0.717, 1.165) is 0 Å². The molecule has 0 atom stereocenters. The second-order valence-corrected chi connectivity index (χ2v) is 5.09. The number of carbonyl (C=O) groups is 3. The van der Waals surface area contributed by atoms with Gasteiger partial charge in [-0.15, -0.1) is 0 Å². The fraction of sp³-hybridized carbons (Fsp3) is 0.235. The molecule has 2 N–H and O–H groups in total. The summed E-state index contributed by atoms with van der Waals surface area (Å²) in [6.45, 7) is 1.37. The molecule has 2 aromatic rings. The minimum absolute atomic E-state index is 0.0903. The summed E-state index contributed by atoms with van der Waals surface area (Å²) in [4.78, 5) is 42.5. The fourth-order valence-electron chi connectivity index (χ4n) is 1.91. The molecule has 1 amide bonds. The van der Waals surface area contributed by atoms with Crippen LogP contribution in [-0.4, -0.2) is 40.8 Å². The number of amides is 1. The van der Waals surface area contributed by atoms with Gasteiger partial charge in [0, 0.05) is 37.1 Å². The smallest absolute Gasteiger partial charge is 0.308 e. The normalized spacial score (nSPS) is 9.96. The molecule has 0 fully saturated rings. The zero-order chi connectivity index (χ0) is 18.1.